The molecule has 0 amide bonds. The van der Waals surface area contributed by atoms with Crippen LogP contribution in [0.25, 0.3) is 11.5 Å². The smallest absolute Gasteiger partial charge is 0.277 e. The van der Waals surface area contributed by atoms with Gasteiger partial charge in [0, 0.05) is 11.3 Å². The fourth-order valence-electron chi connectivity index (χ4n) is 1.70. The molecule has 0 unspecified atom stereocenters. The minimum Gasteiger partial charge on any atom is -0.411 e. The van der Waals surface area contributed by atoms with Crippen molar-refractivity contribution in [1.29, 1.82) is 0 Å². The molecule has 21 heavy (non-hydrogen) atoms. The highest BCUT2D eigenvalue weighted by molar-refractivity contribution is 7.98. The molecule has 2 aromatic carbocycles. The first-order valence-electron chi connectivity index (χ1n) is 6.17. The summed E-state index contributed by atoms with van der Waals surface area (Å²) in [6, 6.07) is 12.1. The standard InChI is InChI=1S/C15H10F2N2OS/c16-12-5-1-10(2-6-12)9-21-15-19-18-14(20-15)11-3-7-13(17)8-4-11/h1-8H,9H2. The van der Waals surface area contributed by atoms with Crippen LogP contribution < -0.4 is 0 Å². The van der Waals surface area contributed by atoms with Crippen LogP contribution in [-0.2, 0) is 5.75 Å². The van der Waals surface area contributed by atoms with E-state index < -0.39 is 0 Å². The molecule has 1 aromatic heterocycles. The van der Waals surface area contributed by atoms with Gasteiger partial charge in [-0.15, -0.1) is 10.2 Å². The summed E-state index contributed by atoms with van der Waals surface area (Å²) in [6.45, 7) is 0. The Labute approximate surface area is 124 Å². The highest BCUT2D eigenvalue weighted by Gasteiger charge is 2.09. The number of thioether (sulfide) groups is 1. The zero-order valence-corrected chi connectivity index (χ0v) is 11.6. The van der Waals surface area contributed by atoms with Crippen LogP contribution >= 0.6 is 11.8 Å². The summed E-state index contributed by atoms with van der Waals surface area (Å²) >= 11 is 1.36. The maximum absolute atomic E-state index is 12.8. The van der Waals surface area contributed by atoms with Gasteiger partial charge >= 0.3 is 0 Å². The van der Waals surface area contributed by atoms with E-state index in [9.17, 15) is 8.78 Å². The fourth-order valence-corrected chi connectivity index (χ4v) is 2.42. The molecule has 106 valence electrons. The first-order valence-corrected chi connectivity index (χ1v) is 7.16. The van der Waals surface area contributed by atoms with Crippen molar-refractivity contribution < 1.29 is 13.2 Å². The van der Waals surface area contributed by atoms with Gasteiger partial charge in [0.1, 0.15) is 11.6 Å². The Kier molecular flexibility index (Phi) is 3.96. The first kappa shape index (κ1) is 13.8. The quantitative estimate of drug-likeness (QED) is 0.673. The molecular formula is C15H10F2N2OS. The average molecular weight is 304 g/mol. The van der Waals surface area contributed by atoms with E-state index in [-0.39, 0.29) is 11.6 Å². The largest absolute Gasteiger partial charge is 0.411 e. The van der Waals surface area contributed by atoms with Gasteiger partial charge in [-0.1, -0.05) is 23.9 Å². The lowest BCUT2D eigenvalue weighted by molar-refractivity contribution is 0.465. The Bertz CT molecular complexity index is 726. The molecule has 0 radical (unpaired) electrons. The van der Waals surface area contributed by atoms with E-state index in [1.54, 1.807) is 24.3 Å². The van der Waals surface area contributed by atoms with E-state index in [4.69, 9.17) is 4.42 Å². The van der Waals surface area contributed by atoms with E-state index in [2.05, 4.69) is 10.2 Å². The van der Waals surface area contributed by atoms with Gasteiger partial charge in [0.15, 0.2) is 0 Å². The zero-order valence-electron chi connectivity index (χ0n) is 10.8. The summed E-state index contributed by atoms with van der Waals surface area (Å²) in [5, 5.41) is 8.26. The van der Waals surface area contributed by atoms with E-state index in [1.807, 2.05) is 0 Å². The second-order valence-electron chi connectivity index (χ2n) is 4.30. The molecule has 0 N–H and O–H groups in total. The highest BCUT2D eigenvalue weighted by atomic mass is 32.2. The lowest BCUT2D eigenvalue weighted by Gasteiger charge is -1.97. The molecule has 0 bridgehead atoms. The lowest BCUT2D eigenvalue weighted by atomic mass is 10.2. The van der Waals surface area contributed by atoms with Gasteiger partial charge in [0.25, 0.3) is 5.22 Å². The molecule has 6 heteroatoms. The van der Waals surface area contributed by atoms with Crippen LogP contribution in [0.15, 0.2) is 58.2 Å². The monoisotopic (exact) mass is 304 g/mol. The Morgan fingerprint density at radius 3 is 2.14 bits per heavy atom. The Balaban J connectivity index is 1.67. The Morgan fingerprint density at radius 2 is 1.48 bits per heavy atom. The molecular weight excluding hydrogens is 294 g/mol. The van der Waals surface area contributed by atoms with E-state index in [0.29, 0.717) is 22.4 Å². The highest BCUT2D eigenvalue weighted by Crippen LogP contribution is 2.25. The SMILES string of the molecule is Fc1ccc(CSc2nnc(-c3ccc(F)cc3)o2)cc1. The van der Waals surface area contributed by atoms with Crippen molar-refractivity contribution in [2.75, 3.05) is 0 Å². The number of halogens is 2. The summed E-state index contributed by atoms with van der Waals surface area (Å²) in [4.78, 5) is 0. The van der Waals surface area contributed by atoms with Gasteiger partial charge in [-0.3, -0.25) is 0 Å². The Morgan fingerprint density at radius 1 is 0.857 bits per heavy atom. The van der Waals surface area contributed by atoms with Gasteiger partial charge in [-0.2, -0.15) is 0 Å². The molecule has 0 fully saturated rings. The molecule has 0 aliphatic heterocycles. The van der Waals surface area contributed by atoms with Crippen molar-refractivity contribution in [2.45, 2.75) is 11.0 Å². The van der Waals surface area contributed by atoms with Gasteiger partial charge in [0.2, 0.25) is 5.89 Å². The van der Waals surface area contributed by atoms with Crippen LogP contribution in [0, 0.1) is 11.6 Å². The van der Waals surface area contributed by atoms with Crippen LogP contribution in [0.1, 0.15) is 5.56 Å². The summed E-state index contributed by atoms with van der Waals surface area (Å²) in [5.74, 6) is 0.367. The molecule has 3 nitrogen and oxygen atoms in total. The predicted molar refractivity (Wildman–Crippen MR) is 75.7 cm³/mol. The molecule has 0 atom stereocenters. The van der Waals surface area contributed by atoms with Crippen molar-refractivity contribution in [3.05, 3.63) is 65.7 Å². The molecule has 1 heterocycles. The molecule has 0 spiro atoms. The molecule has 0 aliphatic rings. The van der Waals surface area contributed by atoms with Crippen LogP contribution in [0.5, 0.6) is 0 Å². The molecule has 0 saturated carbocycles. The number of hydrogen-bond acceptors (Lipinski definition) is 4. The maximum Gasteiger partial charge on any atom is 0.277 e. The number of nitrogens with zero attached hydrogens (tertiary/aromatic N) is 2. The normalized spacial score (nSPS) is 10.8. The second-order valence-corrected chi connectivity index (χ2v) is 5.22. The molecule has 3 aromatic rings. The summed E-state index contributed by atoms with van der Waals surface area (Å²) in [7, 11) is 0. The number of benzene rings is 2. The van der Waals surface area contributed by atoms with Crippen molar-refractivity contribution in [3.8, 4) is 11.5 Å². The lowest BCUT2D eigenvalue weighted by Crippen LogP contribution is -1.81. The topological polar surface area (TPSA) is 38.9 Å². The van der Waals surface area contributed by atoms with Gasteiger partial charge < -0.3 is 4.42 Å². The average Bonchev–Trinajstić information content (AvgIpc) is 2.96. The van der Waals surface area contributed by atoms with Crippen molar-refractivity contribution in [2.24, 2.45) is 0 Å². The van der Waals surface area contributed by atoms with Crippen LogP contribution in [0.2, 0.25) is 0 Å². The summed E-state index contributed by atoms with van der Waals surface area (Å²) in [5.41, 5.74) is 1.63. The van der Waals surface area contributed by atoms with Crippen molar-refractivity contribution in [1.82, 2.24) is 10.2 Å². The van der Waals surface area contributed by atoms with Crippen molar-refractivity contribution in [3.63, 3.8) is 0 Å². The molecule has 3 rings (SSSR count). The van der Waals surface area contributed by atoms with E-state index in [0.717, 1.165) is 5.56 Å². The predicted octanol–water partition coefficient (Wildman–Crippen LogP) is 4.31. The first-order chi connectivity index (χ1) is 10.2. The number of aromatic nitrogens is 2. The zero-order chi connectivity index (χ0) is 14.7. The fraction of sp³-hybridized carbons (Fsp3) is 0.0667. The number of rotatable bonds is 4. The van der Waals surface area contributed by atoms with Gasteiger partial charge in [-0.05, 0) is 42.0 Å². The third-order valence-corrected chi connectivity index (χ3v) is 3.66. The van der Waals surface area contributed by atoms with Crippen LogP contribution in [0.3, 0.4) is 0 Å². The summed E-state index contributed by atoms with van der Waals surface area (Å²) < 4.78 is 31.1. The van der Waals surface area contributed by atoms with E-state index in [1.165, 1.54) is 36.0 Å². The van der Waals surface area contributed by atoms with Crippen LogP contribution in [-0.4, -0.2) is 10.2 Å². The molecule has 0 aliphatic carbocycles. The Hall–Kier alpha value is -2.21. The number of hydrogen-bond donors (Lipinski definition) is 0. The second kappa shape index (κ2) is 6.05. The van der Waals surface area contributed by atoms with E-state index >= 15 is 0 Å². The summed E-state index contributed by atoms with van der Waals surface area (Å²) in [6.07, 6.45) is 0. The third-order valence-electron chi connectivity index (χ3n) is 2.77. The maximum atomic E-state index is 12.8. The molecule has 0 saturated heterocycles. The van der Waals surface area contributed by atoms with Crippen LogP contribution in [0.4, 0.5) is 8.78 Å². The third kappa shape index (κ3) is 3.46. The minimum absolute atomic E-state index is 0.264. The van der Waals surface area contributed by atoms with Gasteiger partial charge in [0.05, 0.1) is 0 Å². The van der Waals surface area contributed by atoms with Gasteiger partial charge in [-0.25, -0.2) is 8.78 Å². The minimum atomic E-state index is -0.316. The van der Waals surface area contributed by atoms with Crippen molar-refractivity contribution >= 4 is 11.8 Å².